The Bertz CT molecular complexity index is 697. The van der Waals surface area contributed by atoms with Gasteiger partial charge < -0.3 is 4.74 Å². The standard InChI is InChI=1S/C21H25FN2O/c22-17-8-6-16(7-9-17)15-18-3-1-4-20(23-18)21-5-2-12-24(21)19-10-13-25-14-11-19/h1,3-4,6-9,19,21H,2,5,10-15H2. The molecule has 3 heterocycles. The van der Waals surface area contributed by atoms with Crippen LogP contribution in [0, 0.1) is 5.82 Å². The minimum atomic E-state index is -0.191. The van der Waals surface area contributed by atoms with Crippen molar-refractivity contribution in [2.45, 2.75) is 44.2 Å². The molecule has 0 N–H and O–H groups in total. The maximum absolute atomic E-state index is 13.1. The van der Waals surface area contributed by atoms with Gasteiger partial charge in [-0.25, -0.2) is 4.39 Å². The average molecular weight is 340 g/mol. The second kappa shape index (κ2) is 7.63. The number of hydrogen-bond acceptors (Lipinski definition) is 3. The molecule has 1 unspecified atom stereocenters. The molecule has 2 saturated heterocycles. The molecule has 0 saturated carbocycles. The summed E-state index contributed by atoms with van der Waals surface area (Å²) in [5, 5.41) is 0. The zero-order valence-corrected chi connectivity index (χ0v) is 14.5. The van der Waals surface area contributed by atoms with Crippen LogP contribution >= 0.6 is 0 Å². The molecule has 4 rings (SSSR count). The Hall–Kier alpha value is -1.78. The van der Waals surface area contributed by atoms with Crippen molar-refractivity contribution >= 4 is 0 Å². The quantitative estimate of drug-likeness (QED) is 0.837. The average Bonchev–Trinajstić information content (AvgIpc) is 3.15. The summed E-state index contributed by atoms with van der Waals surface area (Å²) in [6.45, 7) is 2.93. The van der Waals surface area contributed by atoms with E-state index in [1.165, 1.54) is 37.2 Å². The van der Waals surface area contributed by atoms with Gasteiger partial charge in [-0.2, -0.15) is 0 Å². The second-order valence-electron chi connectivity index (χ2n) is 7.10. The number of halogens is 1. The summed E-state index contributed by atoms with van der Waals surface area (Å²) in [5.41, 5.74) is 3.34. The highest BCUT2D eigenvalue weighted by Crippen LogP contribution is 2.35. The molecule has 2 aliphatic heterocycles. The molecule has 1 aromatic heterocycles. The van der Waals surface area contributed by atoms with Crippen LogP contribution in [0.25, 0.3) is 0 Å². The Kier molecular flexibility index (Phi) is 5.09. The van der Waals surface area contributed by atoms with E-state index < -0.39 is 0 Å². The van der Waals surface area contributed by atoms with Crippen molar-refractivity contribution in [2.24, 2.45) is 0 Å². The fourth-order valence-corrected chi connectivity index (χ4v) is 4.15. The fourth-order valence-electron chi connectivity index (χ4n) is 4.15. The monoisotopic (exact) mass is 340 g/mol. The highest BCUT2D eigenvalue weighted by Gasteiger charge is 2.33. The highest BCUT2D eigenvalue weighted by molar-refractivity contribution is 5.24. The van der Waals surface area contributed by atoms with E-state index in [0.717, 1.165) is 43.7 Å². The summed E-state index contributed by atoms with van der Waals surface area (Å²) in [6, 6.07) is 14.1. The summed E-state index contributed by atoms with van der Waals surface area (Å²) in [7, 11) is 0. The number of pyridine rings is 1. The maximum atomic E-state index is 13.1. The summed E-state index contributed by atoms with van der Waals surface area (Å²) in [6.07, 6.45) is 5.44. The molecule has 0 bridgehead atoms. The minimum Gasteiger partial charge on any atom is -0.381 e. The van der Waals surface area contributed by atoms with E-state index in [1.807, 2.05) is 12.1 Å². The van der Waals surface area contributed by atoms with Crippen molar-refractivity contribution in [1.82, 2.24) is 9.88 Å². The van der Waals surface area contributed by atoms with Crippen molar-refractivity contribution in [3.8, 4) is 0 Å². The van der Waals surface area contributed by atoms with Gasteiger partial charge in [0.2, 0.25) is 0 Å². The van der Waals surface area contributed by atoms with E-state index in [-0.39, 0.29) is 5.82 Å². The van der Waals surface area contributed by atoms with E-state index in [0.29, 0.717) is 12.1 Å². The SMILES string of the molecule is Fc1ccc(Cc2cccc(C3CCCN3C3CCOCC3)n2)cc1. The predicted octanol–water partition coefficient (Wildman–Crippen LogP) is 4.13. The van der Waals surface area contributed by atoms with Crippen LogP contribution in [-0.4, -0.2) is 35.7 Å². The molecular formula is C21H25FN2O. The first-order valence-electron chi connectivity index (χ1n) is 9.33. The molecule has 4 heteroatoms. The number of ether oxygens (including phenoxy) is 1. The smallest absolute Gasteiger partial charge is 0.123 e. The molecule has 2 aliphatic rings. The molecule has 0 spiro atoms. The first kappa shape index (κ1) is 16.7. The normalized spacial score (nSPS) is 22.4. The lowest BCUT2D eigenvalue weighted by Crippen LogP contribution is -2.39. The molecule has 0 amide bonds. The van der Waals surface area contributed by atoms with E-state index in [2.05, 4.69) is 23.1 Å². The van der Waals surface area contributed by atoms with Gasteiger partial charge in [-0.15, -0.1) is 0 Å². The fraction of sp³-hybridized carbons (Fsp3) is 0.476. The van der Waals surface area contributed by atoms with Crippen LogP contribution in [0.15, 0.2) is 42.5 Å². The summed E-state index contributed by atoms with van der Waals surface area (Å²) < 4.78 is 18.6. The zero-order chi connectivity index (χ0) is 17.1. The number of hydrogen-bond donors (Lipinski definition) is 0. The molecule has 2 fully saturated rings. The van der Waals surface area contributed by atoms with Crippen LogP contribution in [0.5, 0.6) is 0 Å². The molecule has 3 nitrogen and oxygen atoms in total. The lowest BCUT2D eigenvalue weighted by atomic mass is 10.0. The van der Waals surface area contributed by atoms with Gasteiger partial charge in [0.15, 0.2) is 0 Å². The van der Waals surface area contributed by atoms with Gasteiger partial charge in [0.05, 0.1) is 11.7 Å². The second-order valence-corrected chi connectivity index (χ2v) is 7.10. The largest absolute Gasteiger partial charge is 0.381 e. The van der Waals surface area contributed by atoms with Crippen LogP contribution in [0.4, 0.5) is 4.39 Å². The Morgan fingerprint density at radius 1 is 1.04 bits per heavy atom. The maximum Gasteiger partial charge on any atom is 0.123 e. The zero-order valence-electron chi connectivity index (χ0n) is 14.5. The van der Waals surface area contributed by atoms with Crippen LogP contribution in [0.1, 0.15) is 48.7 Å². The van der Waals surface area contributed by atoms with Gasteiger partial charge >= 0.3 is 0 Å². The molecule has 2 aromatic rings. The molecule has 0 aliphatic carbocycles. The van der Waals surface area contributed by atoms with Crippen LogP contribution < -0.4 is 0 Å². The van der Waals surface area contributed by atoms with Gasteiger partial charge in [0.1, 0.15) is 5.82 Å². The Morgan fingerprint density at radius 3 is 2.64 bits per heavy atom. The predicted molar refractivity (Wildman–Crippen MR) is 96.0 cm³/mol. The lowest BCUT2D eigenvalue weighted by molar-refractivity contribution is 0.0285. The number of aromatic nitrogens is 1. The highest BCUT2D eigenvalue weighted by atomic mass is 19.1. The van der Waals surface area contributed by atoms with Crippen molar-refractivity contribution in [3.05, 3.63) is 65.2 Å². The molecule has 1 atom stereocenters. The van der Waals surface area contributed by atoms with Gasteiger partial charge in [0, 0.05) is 31.4 Å². The van der Waals surface area contributed by atoms with Gasteiger partial charge in [-0.3, -0.25) is 9.88 Å². The Labute approximate surface area is 148 Å². The van der Waals surface area contributed by atoms with Gasteiger partial charge in [0.25, 0.3) is 0 Å². The number of rotatable bonds is 4. The van der Waals surface area contributed by atoms with Gasteiger partial charge in [-0.05, 0) is 62.1 Å². The van der Waals surface area contributed by atoms with E-state index in [9.17, 15) is 4.39 Å². The van der Waals surface area contributed by atoms with E-state index in [1.54, 1.807) is 0 Å². The third kappa shape index (κ3) is 3.91. The summed E-state index contributed by atoms with van der Waals surface area (Å²) in [5.74, 6) is -0.191. The third-order valence-corrected chi connectivity index (χ3v) is 5.42. The van der Waals surface area contributed by atoms with Crippen LogP contribution in [0.3, 0.4) is 0 Å². The third-order valence-electron chi connectivity index (χ3n) is 5.42. The molecular weight excluding hydrogens is 315 g/mol. The van der Waals surface area contributed by atoms with Crippen molar-refractivity contribution in [2.75, 3.05) is 19.8 Å². The first-order valence-corrected chi connectivity index (χ1v) is 9.33. The number of benzene rings is 1. The summed E-state index contributed by atoms with van der Waals surface area (Å²) in [4.78, 5) is 7.60. The molecule has 1 aromatic carbocycles. The van der Waals surface area contributed by atoms with Crippen molar-refractivity contribution in [1.29, 1.82) is 0 Å². The van der Waals surface area contributed by atoms with E-state index in [4.69, 9.17) is 9.72 Å². The molecule has 0 radical (unpaired) electrons. The van der Waals surface area contributed by atoms with E-state index >= 15 is 0 Å². The van der Waals surface area contributed by atoms with Gasteiger partial charge in [-0.1, -0.05) is 18.2 Å². The lowest BCUT2D eigenvalue weighted by Gasteiger charge is -2.35. The minimum absolute atomic E-state index is 0.191. The molecule has 132 valence electrons. The van der Waals surface area contributed by atoms with Crippen LogP contribution in [0.2, 0.25) is 0 Å². The van der Waals surface area contributed by atoms with Crippen molar-refractivity contribution in [3.63, 3.8) is 0 Å². The van der Waals surface area contributed by atoms with Crippen molar-refractivity contribution < 1.29 is 9.13 Å². The Balaban J connectivity index is 1.50. The number of likely N-dealkylation sites (tertiary alicyclic amines) is 1. The van der Waals surface area contributed by atoms with Crippen LogP contribution in [-0.2, 0) is 11.2 Å². The first-order chi connectivity index (χ1) is 12.3. The molecule has 25 heavy (non-hydrogen) atoms. The topological polar surface area (TPSA) is 25.4 Å². The number of nitrogens with zero attached hydrogens (tertiary/aromatic N) is 2. The summed E-state index contributed by atoms with van der Waals surface area (Å²) >= 11 is 0. The Morgan fingerprint density at radius 2 is 1.84 bits per heavy atom.